The SMILES string of the molecule is COc1cc(C=Cc2nc3n(n2)CCC[C@@H]3c2ccc(Cl)cc2)ccc1-n1cnc(C)c1. The summed E-state index contributed by atoms with van der Waals surface area (Å²) in [4.78, 5) is 9.14. The van der Waals surface area contributed by atoms with Gasteiger partial charge in [-0.05, 0) is 61.2 Å². The van der Waals surface area contributed by atoms with Gasteiger partial charge in [0, 0.05) is 23.7 Å². The van der Waals surface area contributed by atoms with E-state index >= 15 is 0 Å². The van der Waals surface area contributed by atoms with E-state index in [1.165, 1.54) is 5.56 Å². The fourth-order valence-electron chi connectivity index (χ4n) is 4.19. The minimum atomic E-state index is 0.244. The highest BCUT2D eigenvalue weighted by Crippen LogP contribution is 2.33. The molecular weight excluding hydrogens is 422 g/mol. The third kappa shape index (κ3) is 4.06. The molecule has 7 heteroatoms. The van der Waals surface area contributed by atoms with Crippen molar-refractivity contribution in [3.63, 3.8) is 0 Å². The van der Waals surface area contributed by atoms with E-state index in [1.54, 1.807) is 13.4 Å². The van der Waals surface area contributed by atoms with Crippen molar-refractivity contribution in [1.29, 1.82) is 0 Å². The van der Waals surface area contributed by atoms with E-state index < -0.39 is 0 Å². The number of rotatable bonds is 5. The number of hydrogen-bond donors (Lipinski definition) is 0. The zero-order valence-corrected chi connectivity index (χ0v) is 18.8. The Labute approximate surface area is 192 Å². The van der Waals surface area contributed by atoms with Crippen LogP contribution in [0.4, 0.5) is 0 Å². The summed E-state index contributed by atoms with van der Waals surface area (Å²) < 4.78 is 9.61. The number of hydrogen-bond acceptors (Lipinski definition) is 4. The lowest BCUT2D eigenvalue weighted by Gasteiger charge is -2.22. The summed E-state index contributed by atoms with van der Waals surface area (Å²) in [5.74, 6) is 2.76. The summed E-state index contributed by atoms with van der Waals surface area (Å²) in [6.07, 6.45) is 9.89. The van der Waals surface area contributed by atoms with Gasteiger partial charge < -0.3 is 9.30 Å². The largest absolute Gasteiger partial charge is 0.495 e. The molecule has 0 aliphatic carbocycles. The molecule has 0 amide bonds. The number of aryl methyl sites for hydroxylation is 2. The Hall–Kier alpha value is -3.38. The lowest BCUT2D eigenvalue weighted by atomic mass is 9.91. The van der Waals surface area contributed by atoms with Crippen LogP contribution >= 0.6 is 11.6 Å². The van der Waals surface area contributed by atoms with Crippen LogP contribution in [0.2, 0.25) is 5.02 Å². The first-order chi connectivity index (χ1) is 15.6. The fraction of sp³-hybridized carbons (Fsp3) is 0.240. The predicted octanol–water partition coefficient (Wildman–Crippen LogP) is 5.53. The lowest BCUT2D eigenvalue weighted by molar-refractivity contribution is 0.413. The quantitative estimate of drug-likeness (QED) is 0.405. The van der Waals surface area contributed by atoms with Gasteiger partial charge in [-0.15, -0.1) is 0 Å². The molecule has 0 N–H and O–H groups in total. The van der Waals surface area contributed by atoms with Crippen LogP contribution in [0.15, 0.2) is 55.0 Å². The molecule has 4 aromatic rings. The molecule has 0 fully saturated rings. The van der Waals surface area contributed by atoms with Crippen molar-refractivity contribution in [3.8, 4) is 11.4 Å². The Bertz CT molecular complexity index is 1270. The molecule has 32 heavy (non-hydrogen) atoms. The first-order valence-electron chi connectivity index (χ1n) is 10.7. The summed E-state index contributed by atoms with van der Waals surface area (Å²) in [6, 6.07) is 14.1. The molecule has 1 aliphatic heterocycles. The van der Waals surface area contributed by atoms with E-state index in [4.69, 9.17) is 26.4 Å². The standard InChI is InChI=1S/C25H24ClN5O/c1-17-15-30(16-27-17)22-11-5-18(14-23(22)32-2)6-12-24-28-25-21(4-3-13-31(25)29-24)19-7-9-20(26)10-8-19/h5-12,14-16,21H,3-4,13H2,1-2H3/t21-/m1/s1. The number of benzene rings is 2. The second-order valence-electron chi connectivity index (χ2n) is 7.98. The van der Waals surface area contributed by atoms with Gasteiger partial charge in [0.2, 0.25) is 0 Å². The van der Waals surface area contributed by atoms with Crippen molar-refractivity contribution in [2.24, 2.45) is 0 Å². The first kappa shape index (κ1) is 20.5. The molecule has 2 aromatic heterocycles. The molecule has 0 saturated heterocycles. The Kier molecular flexibility index (Phi) is 5.53. The smallest absolute Gasteiger partial charge is 0.174 e. The Balaban J connectivity index is 1.40. The van der Waals surface area contributed by atoms with Crippen molar-refractivity contribution >= 4 is 23.8 Å². The maximum Gasteiger partial charge on any atom is 0.174 e. The maximum atomic E-state index is 6.07. The minimum absolute atomic E-state index is 0.244. The van der Waals surface area contributed by atoms with Gasteiger partial charge in [0.05, 0.1) is 24.8 Å². The average molecular weight is 446 g/mol. The molecular formula is C25H24ClN5O. The number of aromatic nitrogens is 5. The van der Waals surface area contributed by atoms with Gasteiger partial charge in [-0.3, -0.25) is 0 Å². The average Bonchev–Trinajstić information content (AvgIpc) is 3.43. The van der Waals surface area contributed by atoms with E-state index in [1.807, 2.05) is 58.8 Å². The van der Waals surface area contributed by atoms with Gasteiger partial charge in [-0.2, -0.15) is 5.10 Å². The molecule has 0 radical (unpaired) electrons. The number of nitrogens with zero attached hydrogens (tertiary/aromatic N) is 5. The maximum absolute atomic E-state index is 6.07. The number of imidazole rings is 1. The zero-order chi connectivity index (χ0) is 22.1. The molecule has 0 saturated carbocycles. The van der Waals surface area contributed by atoms with Crippen molar-refractivity contribution in [2.45, 2.75) is 32.2 Å². The number of methoxy groups -OCH3 is 1. The lowest BCUT2D eigenvalue weighted by Crippen LogP contribution is -2.17. The van der Waals surface area contributed by atoms with E-state index in [2.05, 4.69) is 23.2 Å². The third-order valence-corrected chi connectivity index (χ3v) is 6.03. The highest BCUT2D eigenvalue weighted by molar-refractivity contribution is 6.30. The molecule has 1 atom stereocenters. The minimum Gasteiger partial charge on any atom is -0.495 e. The second kappa shape index (κ2) is 8.63. The predicted molar refractivity (Wildman–Crippen MR) is 126 cm³/mol. The summed E-state index contributed by atoms with van der Waals surface area (Å²) in [6.45, 7) is 2.86. The van der Waals surface area contributed by atoms with Crippen LogP contribution in [0.3, 0.4) is 0 Å². The van der Waals surface area contributed by atoms with Gasteiger partial charge >= 0.3 is 0 Å². The van der Waals surface area contributed by atoms with Gasteiger partial charge in [-0.25, -0.2) is 14.6 Å². The zero-order valence-electron chi connectivity index (χ0n) is 18.1. The van der Waals surface area contributed by atoms with Crippen molar-refractivity contribution in [2.75, 3.05) is 7.11 Å². The van der Waals surface area contributed by atoms with Crippen LogP contribution in [-0.2, 0) is 6.54 Å². The van der Waals surface area contributed by atoms with Gasteiger partial charge in [0.25, 0.3) is 0 Å². The Morgan fingerprint density at radius 3 is 2.72 bits per heavy atom. The topological polar surface area (TPSA) is 57.8 Å². The molecule has 6 nitrogen and oxygen atoms in total. The molecule has 0 bridgehead atoms. The van der Waals surface area contributed by atoms with E-state index in [0.29, 0.717) is 5.82 Å². The Morgan fingerprint density at radius 1 is 1.12 bits per heavy atom. The second-order valence-corrected chi connectivity index (χ2v) is 8.42. The molecule has 0 unspecified atom stereocenters. The fourth-order valence-corrected chi connectivity index (χ4v) is 4.31. The first-order valence-corrected chi connectivity index (χ1v) is 11.1. The molecule has 1 aliphatic rings. The highest BCUT2D eigenvalue weighted by atomic mass is 35.5. The summed E-state index contributed by atoms with van der Waals surface area (Å²) >= 11 is 6.07. The third-order valence-electron chi connectivity index (χ3n) is 5.78. The number of ether oxygens (including phenoxy) is 1. The van der Waals surface area contributed by atoms with Crippen LogP contribution in [0.1, 0.15) is 47.2 Å². The van der Waals surface area contributed by atoms with Gasteiger partial charge in [-0.1, -0.05) is 35.9 Å². The van der Waals surface area contributed by atoms with Crippen molar-refractivity contribution in [3.05, 3.63) is 88.5 Å². The van der Waals surface area contributed by atoms with Crippen molar-refractivity contribution in [1.82, 2.24) is 24.3 Å². The van der Waals surface area contributed by atoms with Crippen LogP contribution in [0, 0.1) is 6.92 Å². The normalized spacial score (nSPS) is 15.8. The summed E-state index contributed by atoms with van der Waals surface area (Å²) in [5.41, 5.74) is 4.16. The van der Waals surface area contributed by atoms with Crippen LogP contribution < -0.4 is 4.74 Å². The van der Waals surface area contributed by atoms with Gasteiger partial charge in [0.1, 0.15) is 11.6 Å². The molecule has 5 rings (SSSR count). The number of fused-ring (bicyclic) bond motifs is 1. The molecule has 2 aromatic carbocycles. The van der Waals surface area contributed by atoms with Crippen molar-refractivity contribution < 1.29 is 4.74 Å². The number of halogens is 1. The highest BCUT2D eigenvalue weighted by Gasteiger charge is 2.25. The van der Waals surface area contributed by atoms with Gasteiger partial charge in [0.15, 0.2) is 5.82 Å². The van der Waals surface area contributed by atoms with Crippen LogP contribution in [-0.4, -0.2) is 31.4 Å². The summed E-state index contributed by atoms with van der Waals surface area (Å²) in [7, 11) is 1.68. The van der Waals surface area contributed by atoms with Crippen LogP contribution in [0.5, 0.6) is 5.75 Å². The summed E-state index contributed by atoms with van der Waals surface area (Å²) in [5, 5.41) is 5.47. The Morgan fingerprint density at radius 2 is 1.97 bits per heavy atom. The van der Waals surface area contributed by atoms with Crippen LogP contribution in [0.25, 0.3) is 17.8 Å². The molecule has 0 spiro atoms. The van der Waals surface area contributed by atoms with E-state index in [9.17, 15) is 0 Å². The molecule has 162 valence electrons. The molecule has 3 heterocycles. The van der Waals surface area contributed by atoms with E-state index in [-0.39, 0.29) is 5.92 Å². The van der Waals surface area contributed by atoms with E-state index in [0.717, 1.165) is 52.9 Å². The monoisotopic (exact) mass is 445 g/mol.